The molecule has 6 heteroatoms. The first kappa shape index (κ1) is 12.4. The summed E-state index contributed by atoms with van der Waals surface area (Å²) < 4.78 is 1.19. The number of aryl methyl sites for hydroxylation is 1. The Labute approximate surface area is 93.1 Å². The van der Waals surface area contributed by atoms with Crippen LogP contribution in [-0.2, 0) is 6.54 Å². The highest BCUT2D eigenvalue weighted by molar-refractivity contribution is 5.84. The van der Waals surface area contributed by atoms with Gasteiger partial charge in [-0.15, -0.1) is 0 Å². The van der Waals surface area contributed by atoms with Crippen LogP contribution in [0.5, 0.6) is 0 Å². The number of carboxylic acid groups (broad SMARTS) is 1. The number of hydrogen-bond donors (Lipinski definition) is 1. The van der Waals surface area contributed by atoms with Crippen LogP contribution in [0.3, 0.4) is 0 Å². The molecule has 1 aromatic rings. The Hall–Kier alpha value is -1.69. The zero-order chi connectivity index (χ0) is 12.1. The van der Waals surface area contributed by atoms with Crippen molar-refractivity contribution < 1.29 is 9.90 Å². The second-order valence-electron chi connectivity index (χ2n) is 3.74. The van der Waals surface area contributed by atoms with Gasteiger partial charge in [0.25, 0.3) is 5.56 Å². The van der Waals surface area contributed by atoms with Gasteiger partial charge in [-0.05, 0) is 33.1 Å². The highest BCUT2D eigenvalue weighted by atomic mass is 16.4. The smallest absolute Gasteiger partial charge is 0.356 e. The van der Waals surface area contributed by atoms with Gasteiger partial charge in [-0.1, -0.05) is 0 Å². The number of nitrogens with zero attached hydrogens (tertiary/aromatic N) is 3. The maximum Gasteiger partial charge on any atom is 0.356 e. The summed E-state index contributed by atoms with van der Waals surface area (Å²) in [7, 11) is 3.87. The Morgan fingerprint density at radius 1 is 1.50 bits per heavy atom. The highest BCUT2D eigenvalue weighted by Gasteiger charge is 2.06. The molecule has 1 heterocycles. The normalized spacial score (nSPS) is 10.7. The molecule has 0 saturated carbocycles. The number of carboxylic acids is 1. The fourth-order valence-corrected chi connectivity index (χ4v) is 1.26. The zero-order valence-corrected chi connectivity index (χ0v) is 9.38. The molecular weight excluding hydrogens is 210 g/mol. The summed E-state index contributed by atoms with van der Waals surface area (Å²) in [5, 5.41) is 12.5. The standard InChI is InChI=1S/C10H15N3O3/c1-12(2)6-3-7-13-9(14)5-4-8(11-13)10(15)16/h4-5H,3,6-7H2,1-2H3,(H,15,16). The molecular formula is C10H15N3O3. The second-order valence-corrected chi connectivity index (χ2v) is 3.74. The minimum atomic E-state index is -1.12. The molecule has 0 bridgehead atoms. The fourth-order valence-electron chi connectivity index (χ4n) is 1.26. The second kappa shape index (κ2) is 5.41. The van der Waals surface area contributed by atoms with Crippen molar-refractivity contribution in [3.05, 3.63) is 28.2 Å². The minimum Gasteiger partial charge on any atom is -0.476 e. The summed E-state index contributed by atoms with van der Waals surface area (Å²) >= 11 is 0. The van der Waals surface area contributed by atoms with Crippen LogP contribution in [0.25, 0.3) is 0 Å². The van der Waals surface area contributed by atoms with E-state index in [1.165, 1.54) is 16.8 Å². The predicted molar refractivity (Wildman–Crippen MR) is 58.6 cm³/mol. The van der Waals surface area contributed by atoms with Gasteiger partial charge in [0.05, 0.1) is 0 Å². The molecule has 0 unspecified atom stereocenters. The molecule has 88 valence electrons. The average Bonchev–Trinajstić information content (AvgIpc) is 2.20. The molecule has 0 spiro atoms. The molecule has 1 N–H and O–H groups in total. The lowest BCUT2D eigenvalue weighted by Crippen LogP contribution is -2.26. The Morgan fingerprint density at radius 2 is 2.19 bits per heavy atom. The van der Waals surface area contributed by atoms with Gasteiger partial charge in [-0.3, -0.25) is 4.79 Å². The summed E-state index contributed by atoms with van der Waals surface area (Å²) in [6.45, 7) is 1.25. The third-order valence-electron chi connectivity index (χ3n) is 2.06. The lowest BCUT2D eigenvalue weighted by molar-refractivity contribution is 0.0687. The molecule has 0 aliphatic carbocycles. The molecule has 0 radical (unpaired) electrons. The molecule has 0 aliphatic heterocycles. The van der Waals surface area contributed by atoms with Crippen molar-refractivity contribution in [2.24, 2.45) is 0 Å². The van der Waals surface area contributed by atoms with Crippen molar-refractivity contribution in [2.45, 2.75) is 13.0 Å². The van der Waals surface area contributed by atoms with Crippen molar-refractivity contribution in [3.63, 3.8) is 0 Å². The fraction of sp³-hybridized carbons (Fsp3) is 0.500. The maximum atomic E-state index is 11.4. The van der Waals surface area contributed by atoms with Crippen LogP contribution in [0.1, 0.15) is 16.9 Å². The summed E-state index contributed by atoms with van der Waals surface area (Å²) in [5.41, 5.74) is -0.381. The van der Waals surface area contributed by atoms with E-state index in [4.69, 9.17) is 5.11 Å². The van der Waals surface area contributed by atoms with Gasteiger partial charge in [0.2, 0.25) is 0 Å². The van der Waals surface area contributed by atoms with Crippen LogP contribution in [0.2, 0.25) is 0 Å². The molecule has 0 aliphatic rings. The lowest BCUT2D eigenvalue weighted by atomic mass is 10.3. The molecule has 0 amide bonds. The van der Waals surface area contributed by atoms with Gasteiger partial charge < -0.3 is 10.0 Å². The van der Waals surface area contributed by atoms with Crippen LogP contribution in [0.4, 0.5) is 0 Å². The third-order valence-corrected chi connectivity index (χ3v) is 2.06. The highest BCUT2D eigenvalue weighted by Crippen LogP contribution is 1.92. The molecule has 1 aromatic heterocycles. The molecule has 0 atom stereocenters. The average molecular weight is 225 g/mol. The monoisotopic (exact) mass is 225 g/mol. The minimum absolute atomic E-state index is 0.107. The van der Waals surface area contributed by atoms with Crippen molar-refractivity contribution in [1.29, 1.82) is 0 Å². The van der Waals surface area contributed by atoms with Crippen molar-refractivity contribution >= 4 is 5.97 Å². The number of aromatic nitrogens is 2. The van der Waals surface area contributed by atoms with E-state index in [1.807, 2.05) is 19.0 Å². The quantitative estimate of drug-likeness (QED) is 0.757. The summed E-state index contributed by atoms with van der Waals surface area (Å²) in [4.78, 5) is 24.0. The van der Waals surface area contributed by atoms with Gasteiger partial charge in [0, 0.05) is 12.6 Å². The van der Waals surface area contributed by atoms with E-state index in [2.05, 4.69) is 5.10 Å². The van der Waals surface area contributed by atoms with Gasteiger partial charge in [-0.2, -0.15) is 5.10 Å². The van der Waals surface area contributed by atoms with Gasteiger partial charge in [0.15, 0.2) is 5.69 Å². The third kappa shape index (κ3) is 3.47. The predicted octanol–water partition coefficient (Wildman–Crippen LogP) is -0.107. The molecule has 6 nitrogen and oxygen atoms in total. The SMILES string of the molecule is CN(C)CCCn1nc(C(=O)O)ccc1=O. The van der Waals surface area contributed by atoms with Gasteiger partial charge in [-0.25, -0.2) is 9.48 Å². The molecule has 0 fully saturated rings. The first-order valence-corrected chi connectivity index (χ1v) is 4.97. The molecule has 0 saturated heterocycles. The molecule has 16 heavy (non-hydrogen) atoms. The summed E-state index contributed by atoms with van der Waals surface area (Å²) in [6.07, 6.45) is 0.753. The largest absolute Gasteiger partial charge is 0.476 e. The van der Waals surface area contributed by atoms with Crippen molar-refractivity contribution in [3.8, 4) is 0 Å². The van der Waals surface area contributed by atoms with Gasteiger partial charge >= 0.3 is 5.97 Å². The molecule has 0 aromatic carbocycles. The lowest BCUT2D eigenvalue weighted by Gasteiger charge is -2.09. The summed E-state index contributed by atoms with van der Waals surface area (Å²) in [6, 6.07) is 2.44. The van der Waals surface area contributed by atoms with Gasteiger partial charge in [0.1, 0.15) is 0 Å². The van der Waals surface area contributed by atoms with Crippen LogP contribution in [-0.4, -0.2) is 46.4 Å². The number of rotatable bonds is 5. The van der Waals surface area contributed by atoms with Crippen molar-refractivity contribution in [2.75, 3.05) is 20.6 Å². The topological polar surface area (TPSA) is 75.4 Å². The Bertz CT molecular complexity index is 426. The summed E-state index contributed by atoms with van der Waals surface area (Å²) in [5.74, 6) is -1.12. The zero-order valence-electron chi connectivity index (χ0n) is 9.38. The van der Waals surface area contributed by atoms with Crippen LogP contribution in [0.15, 0.2) is 16.9 Å². The number of hydrogen-bond acceptors (Lipinski definition) is 4. The first-order valence-electron chi connectivity index (χ1n) is 4.97. The molecule has 1 rings (SSSR count). The van der Waals surface area contributed by atoms with Crippen LogP contribution in [0, 0.1) is 0 Å². The van der Waals surface area contributed by atoms with E-state index in [1.54, 1.807) is 0 Å². The van der Waals surface area contributed by atoms with E-state index in [9.17, 15) is 9.59 Å². The van der Waals surface area contributed by atoms with E-state index in [0.29, 0.717) is 6.54 Å². The van der Waals surface area contributed by atoms with E-state index in [0.717, 1.165) is 13.0 Å². The maximum absolute atomic E-state index is 11.4. The Balaban J connectivity index is 2.75. The Morgan fingerprint density at radius 3 is 2.75 bits per heavy atom. The van der Waals surface area contributed by atoms with E-state index >= 15 is 0 Å². The van der Waals surface area contributed by atoms with Crippen LogP contribution < -0.4 is 5.56 Å². The number of carbonyl (C=O) groups is 1. The van der Waals surface area contributed by atoms with E-state index < -0.39 is 5.97 Å². The first-order chi connectivity index (χ1) is 7.50. The van der Waals surface area contributed by atoms with Crippen molar-refractivity contribution in [1.82, 2.24) is 14.7 Å². The van der Waals surface area contributed by atoms with E-state index in [-0.39, 0.29) is 11.3 Å². The number of aromatic carboxylic acids is 1. The van der Waals surface area contributed by atoms with Crippen LogP contribution >= 0.6 is 0 Å². The Kier molecular flexibility index (Phi) is 4.19.